The van der Waals surface area contributed by atoms with E-state index in [-0.39, 0.29) is 16.5 Å². The Morgan fingerprint density at radius 3 is 2.65 bits per heavy atom. The number of H-pyrrole nitrogens is 1. The van der Waals surface area contributed by atoms with Gasteiger partial charge >= 0.3 is 6.36 Å². The predicted octanol–water partition coefficient (Wildman–Crippen LogP) is 1.03. The monoisotopic (exact) mass is 287 g/mol. The van der Waals surface area contributed by atoms with E-state index in [9.17, 15) is 22.8 Å². The third-order valence-electron chi connectivity index (χ3n) is 2.48. The molecule has 9 heteroatoms. The standard InChI is InChI=1S/C11H8F3N3O3/c12-11(13,14)20-7-3-1-2-5-8(7)16-4-6(9(5)18)10(19)17-15/h1-4H,15H2,(H,16,18)(H,17,19). The van der Waals surface area contributed by atoms with Crippen molar-refractivity contribution >= 4 is 16.8 Å². The summed E-state index contributed by atoms with van der Waals surface area (Å²) in [4.78, 5) is 25.7. The molecule has 0 aliphatic rings. The second-order valence-corrected chi connectivity index (χ2v) is 3.73. The summed E-state index contributed by atoms with van der Waals surface area (Å²) in [7, 11) is 0. The van der Waals surface area contributed by atoms with E-state index in [1.807, 2.05) is 0 Å². The molecule has 0 atom stereocenters. The minimum absolute atomic E-state index is 0.118. The number of nitrogens with one attached hydrogen (secondary N) is 2. The predicted molar refractivity (Wildman–Crippen MR) is 62.9 cm³/mol. The van der Waals surface area contributed by atoms with Gasteiger partial charge in [0, 0.05) is 6.20 Å². The maximum Gasteiger partial charge on any atom is 0.573 e. The fourth-order valence-corrected chi connectivity index (χ4v) is 1.68. The maximum atomic E-state index is 12.2. The van der Waals surface area contributed by atoms with Gasteiger partial charge in [-0.15, -0.1) is 13.2 Å². The summed E-state index contributed by atoms with van der Waals surface area (Å²) in [5.41, 5.74) is 0.535. The van der Waals surface area contributed by atoms with Crippen molar-refractivity contribution in [2.45, 2.75) is 6.36 Å². The lowest BCUT2D eigenvalue weighted by Gasteiger charge is -2.11. The molecule has 0 fully saturated rings. The fraction of sp³-hybridized carbons (Fsp3) is 0.0909. The van der Waals surface area contributed by atoms with Gasteiger partial charge in [-0.3, -0.25) is 15.0 Å². The molecule has 0 bridgehead atoms. The Hall–Kier alpha value is -2.55. The second kappa shape index (κ2) is 4.85. The van der Waals surface area contributed by atoms with E-state index in [0.717, 1.165) is 12.3 Å². The van der Waals surface area contributed by atoms with E-state index in [1.165, 1.54) is 12.1 Å². The number of carbonyl (C=O) groups is 1. The van der Waals surface area contributed by atoms with Crippen molar-refractivity contribution in [3.63, 3.8) is 0 Å². The summed E-state index contributed by atoms with van der Waals surface area (Å²) in [6.45, 7) is 0. The Morgan fingerprint density at radius 2 is 2.05 bits per heavy atom. The highest BCUT2D eigenvalue weighted by Crippen LogP contribution is 2.27. The van der Waals surface area contributed by atoms with Gasteiger partial charge in [-0.25, -0.2) is 5.84 Å². The van der Waals surface area contributed by atoms with Crippen molar-refractivity contribution < 1.29 is 22.7 Å². The molecule has 106 valence electrons. The number of benzene rings is 1. The average Bonchev–Trinajstić information content (AvgIpc) is 2.37. The first kappa shape index (κ1) is 13.9. The van der Waals surface area contributed by atoms with Gasteiger partial charge in [0.05, 0.1) is 10.9 Å². The van der Waals surface area contributed by atoms with E-state index in [4.69, 9.17) is 5.84 Å². The quantitative estimate of drug-likeness (QED) is 0.436. The number of ether oxygens (including phenoxy) is 1. The molecule has 1 aromatic carbocycles. The zero-order chi connectivity index (χ0) is 14.9. The van der Waals surface area contributed by atoms with E-state index in [1.54, 1.807) is 5.43 Å². The first-order chi connectivity index (χ1) is 9.33. The molecule has 0 radical (unpaired) electrons. The molecular weight excluding hydrogens is 279 g/mol. The molecule has 1 amide bonds. The first-order valence-corrected chi connectivity index (χ1v) is 5.24. The number of amides is 1. The van der Waals surface area contributed by atoms with Crippen LogP contribution in [0.1, 0.15) is 10.4 Å². The summed E-state index contributed by atoms with van der Waals surface area (Å²) in [5.74, 6) is 3.49. The molecule has 1 aromatic heterocycles. The molecule has 0 aliphatic carbocycles. The fourth-order valence-electron chi connectivity index (χ4n) is 1.68. The van der Waals surface area contributed by atoms with Crippen molar-refractivity contribution in [3.8, 4) is 5.75 Å². The maximum absolute atomic E-state index is 12.2. The van der Waals surface area contributed by atoms with Crippen molar-refractivity contribution in [2.75, 3.05) is 0 Å². The number of hydrazine groups is 1. The summed E-state index contributed by atoms with van der Waals surface area (Å²) >= 11 is 0. The zero-order valence-electron chi connectivity index (χ0n) is 9.75. The summed E-state index contributed by atoms with van der Waals surface area (Å²) in [6.07, 6.45) is -3.92. The number of nitrogens with two attached hydrogens (primary N) is 1. The summed E-state index contributed by atoms with van der Waals surface area (Å²) in [6, 6.07) is 3.53. The van der Waals surface area contributed by atoms with Crippen molar-refractivity contribution in [3.05, 3.63) is 40.2 Å². The van der Waals surface area contributed by atoms with Crippen molar-refractivity contribution in [1.29, 1.82) is 0 Å². The van der Waals surface area contributed by atoms with Crippen LogP contribution in [0.2, 0.25) is 0 Å². The molecule has 0 saturated carbocycles. The number of halogens is 3. The molecule has 2 aromatic rings. The first-order valence-electron chi connectivity index (χ1n) is 5.24. The van der Waals surface area contributed by atoms with Crippen LogP contribution in [0.3, 0.4) is 0 Å². The lowest BCUT2D eigenvalue weighted by Crippen LogP contribution is -2.33. The average molecular weight is 287 g/mol. The summed E-state index contributed by atoms with van der Waals surface area (Å²) in [5, 5.41) is -0.118. The molecule has 2 rings (SSSR count). The molecule has 4 N–H and O–H groups in total. The van der Waals surface area contributed by atoms with E-state index < -0.39 is 23.4 Å². The van der Waals surface area contributed by atoms with Crippen LogP contribution < -0.4 is 21.4 Å². The summed E-state index contributed by atoms with van der Waals surface area (Å²) < 4.78 is 40.5. The van der Waals surface area contributed by atoms with Crippen LogP contribution in [-0.2, 0) is 0 Å². The topological polar surface area (TPSA) is 97.2 Å². The largest absolute Gasteiger partial charge is 0.573 e. The van der Waals surface area contributed by atoms with Crippen LogP contribution in [0, 0.1) is 0 Å². The Balaban J connectivity index is 2.65. The Labute approximate surface area is 109 Å². The third-order valence-corrected chi connectivity index (χ3v) is 2.48. The van der Waals surface area contributed by atoms with Crippen LogP contribution in [0.4, 0.5) is 13.2 Å². The number of nitrogen functional groups attached to an aromatic ring is 1. The second-order valence-electron chi connectivity index (χ2n) is 3.73. The van der Waals surface area contributed by atoms with Crippen LogP contribution in [0.25, 0.3) is 10.9 Å². The highest BCUT2D eigenvalue weighted by molar-refractivity contribution is 5.97. The Morgan fingerprint density at radius 1 is 1.35 bits per heavy atom. The Bertz CT molecular complexity index is 724. The van der Waals surface area contributed by atoms with E-state index in [0.29, 0.717) is 0 Å². The van der Waals surface area contributed by atoms with Gasteiger partial charge in [0.25, 0.3) is 5.91 Å². The number of rotatable bonds is 2. The van der Waals surface area contributed by atoms with Crippen LogP contribution in [0.15, 0.2) is 29.2 Å². The number of carbonyl (C=O) groups excluding carboxylic acids is 1. The van der Waals surface area contributed by atoms with Gasteiger partial charge in [0.2, 0.25) is 5.43 Å². The SMILES string of the molecule is NNC(=O)c1c[nH]c2c(OC(F)(F)F)cccc2c1=O. The Kier molecular flexibility index (Phi) is 3.36. The van der Waals surface area contributed by atoms with Crippen LogP contribution in [-0.4, -0.2) is 17.3 Å². The molecule has 0 saturated heterocycles. The highest BCUT2D eigenvalue weighted by atomic mass is 19.4. The molecule has 0 spiro atoms. The number of alkyl halides is 3. The van der Waals surface area contributed by atoms with Gasteiger partial charge < -0.3 is 9.72 Å². The molecule has 1 heterocycles. The zero-order valence-corrected chi connectivity index (χ0v) is 9.75. The van der Waals surface area contributed by atoms with E-state index >= 15 is 0 Å². The minimum Gasteiger partial charge on any atom is -0.404 e. The van der Waals surface area contributed by atoms with Crippen molar-refractivity contribution in [1.82, 2.24) is 10.4 Å². The van der Waals surface area contributed by atoms with Gasteiger partial charge in [-0.2, -0.15) is 0 Å². The molecule has 6 nitrogen and oxygen atoms in total. The van der Waals surface area contributed by atoms with Gasteiger partial charge in [-0.1, -0.05) is 6.07 Å². The number of aromatic nitrogens is 1. The smallest absolute Gasteiger partial charge is 0.404 e. The van der Waals surface area contributed by atoms with Gasteiger partial charge in [0.1, 0.15) is 5.56 Å². The minimum atomic E-state index is -4.89. The lowest BCUT2D eigenvalue weighted by molar-refractivity contribution is -0.274. The highest BCUT2D eigenvalue weighted by Gasteiger charge is 2.32. The molecule has 0 unspecified atom stereocenters. The molecule has 20 heavy (non-hydrogen) atoms. The number of fused-ring (bicyclic) bond motifs is 1. The molecule has 0 aliphatic heterocycles. The van der Waals surface area contributed by atoms with Gasteiger partial charge in [0.15, 0.2) is 5.75 Å². The van der Waals surface area contributed by atoms with Gasteiger partial charge in [-0.05, 0) is 12.1 Å². The number of para-hydroxylation sites is 1. The number of pyridine rings is 1. The molecular formula is C11H8F3N3O3. The number of hydrogen-bond donors (Lipinski definition) is 3. The number of hydrogen-bond acceptors (Lipinski definition) is 4. The van der Waals surface area contributed by atoms with Crippen LogP contribution in [0.5, 0.6) is 5.75 Å². The lowest BCUT2D eigenvalue weighted by atomic mass is 10.1. The number of aromatic amines is 1. The normalized spacial score (nSPS) is 11.4. The third kappa shape index (κ3) is 2.57. The van der Waals surface area contributed by atoms with E-state index in [2.05, 4.69) is 9.72 Å². The van der Waals surface area contributed by atoms with Crippen LogP contribution >= 0.6 is 0 Å². The van der Waals surface area contributed by atoms with Crippen molar-refractivity contribution in [2.24, 2.45) is 5.84 Å².